The normalized spacial score (nSPS) is 10.9. The topological polar surface area (TPSA) is 37.8 Å². The number of nitrogens with zero attached hydrogens (tertiary/aromatic N) is 2. The molecule has 0 atom stereocenters. The van der Waals surface area contributed by atoms with Gasteiger partial charge in [-0.1, -0.05) is 35.3 Å². The minimum atomic E-state index is -0.271. The second kappa shape index (κ2) is 5.52. The fraction of sp³-hybridized carbons (Fsp3) is 0.0769. The molecule has 0 saturated carbocycles. The summed E-state index contributed by atoms with van der Waals surface area (Å²) in [6.45, 7) is 0.436. The summed E-state index contributed by atoms with van der Waals surface area (Å²) < 4.78 is 21.5. The molecule has 0 unspecified atom stereocenters. The van der Waals surface area contributed by atoms with Crippen LogP contribution in [0.4, 0.5) is 10.1 Å². The Morgan fingerprint density at radius 3 is 2.70 bits per heavy atom. The zero-order valence-electron chi connectivity index (χ0n) is 10.0. The maximum Gasteiger partial charge on any atom is 0.130 e. The highest BCUT2D eigenvalue weighted by atomic mass is 35.5. The van der Waals surface area contributed by atoms with Crippen molar-refractivity contribution in [1.29, 1.82) is 0 Å². The smallest absolute Gasteiger partial charge is 0.130 e. The van der Waals surface area contributed by atoms with Crippen molar-refractivity contribution in [3.8, 4) is 0 Å². The molecule has 0 amide bonds. The Balaban J connectivity index is 1.93. The van der Waals surface area contributed by atoms with Gasteiger partial charge in [-0.3, -0.25) is 0 Å². The highest BCUT2D eigenvalue weighted by Gasteiger charge is 2.13. The van der Waals surface area contributed by atoms with Crippen LogP contribution in [0.2, 0.25) is 10.0 Å². The Kier molecular flexibility index (Phi) is 3.74. The number of halogens is 3. The molecule has 3 nitrogen and oxygen atoms in total. The van der Waals surface area contributed by atoms with Crippen LogP contribution < -0.4 is 5.32 Å². The maximum absolute atomic E-state index is 13.1. The van der Waals surface area contributed by atoms with Crippen LogP contribution in [0.1, 0.15) is 5.56 Å². The van der Waals surface area contributed by atoms with E-state index in [2.05, 4.69) is 14.1 Å². The van der Waals surface area contributed by atoms with Crippen molar-refractivity contribution in [2.24, 2.45) is 0 Å². The summed E-state index contributed by atoms with van der Waals surface area (Å²) in [6.07, 6.45) is 0. The lowest BCUT2D eigenvalue weighted by Gasteiger charge is -2.09. The van der Waals surface area contributed by atoms with Crippen LogP contribution in [0, 0.1) is 5.82 Å². The molecule has 0 bridgehead atoms. The minimum Gasteiger partial charge on any atom is -0.378 e. The van der Waals surface area contributed by atoms with Crippen molar-refractivity contribution >= 4 is 51.7 Å². The third-order valence-corrected chi connectivity index (χ3v) is 3.92. The number of anilines is 1. The monoisotopic (exact) mass is 327 g/mol. The van der Waals surface area contributed by atoms with Gasteiger partial charge in [0.1, 0.15) is 16.9 Å². The van der Waals surface area contributed by atoms with Crippen LogP contribution in [-0.2, 0) is 6.54 Å². The molecule has 1 N–H and O–H groups in total. The molecular weight excluding hydrogens is 320 g/mol. The molecule has 0 aliphatic heterocycles. The molecule has 0 radical (unpaired) electrons. The Labute approximate surface area is 128 Å². The van der Waals surface area contributed by atoms with Crippen molar-refractivity contribution in [1.82, 2.24) is 8.75 Å². The van der Waals surface area contributed by atoms with Crippen molar-refractivity contribution in [2.75, 3.05) is 5.32 Å². The average molecular weight is 328 g/mol. The van der Waals surface area contributed by atoms with E-state index in [0.29, 0.717) is 33.3 Å². The van der Waals surface area contributed by atoms with Gasteiger partial charge in [-0.25, -0.2) is 4.39 Å². The molecule has 102 valence electrons. The molecule has 1 aromatic heterocycles. The summed E-state index contributed by atoms with van der Waals surface area (Å²) in [5, 5.41) is 4.09. The molecule has 0 spiro atoms. The Hall–Kier alpha value is -1.43. The van der Waals surface area contributed by atoms with Gasteiger partial charge in [0.15, 0.2) is 0 Å². The van der Waals surface area contributed by atoms with E-state index in [9.17, 15) is 4.39 Å². The number of rotatable bonds is 3. The lowest BCUT2D eigenvalue weighted by atomic mass is 10.2. The van der Waals surface area contributed by atoms with Crippen LogP contribution >= 0.6 is 34.9 Å². The molecule has 3 aromatic rings. The first-order chi connectivity index (χ1) is 9.65. The van der Waals surface area contributed by atoms with Crippen LogP contribution in [0.3, 0.4) is 0 Å². The molecule has 0 fully saturated rings. The van der Waals surface area contributed by atoms with E-state index in [1.807, 2.05) is 6.07 Å². The van der Waals surface area contributed by atoms with Gasteiger partial charge in [0.05, 0.1) is 27.5 Å². The predicted octanol–water partition coefficient (Wildman–Crippen LogP) is 4.75. The third-order valence-electron chi connectivity index (χ3n) is 2.80. The van der Waals surface area contributed by atoms with Crippen LogP contribution in [0.25, 0.3) is 11.0 Å². The van der Waals surface area contributed by atoms with Gasteiger partial charge in [0.2, 0.25) is 0 Å². The van der Waals surface area contributed by atoms with Crippen molar-refractivity contribution in [3.05, 3.63) is 51.8 Å². The number of benzene rings is 2. The molecule has 20 heavy (non-hydrogen) atoms. The largest absolute Gasteiger partial charge is 0.378 e. The van der Waals surface area contributed by atoms with E-state index in [-0.39, 0.29) is 5.82 Å². The number of nitrogens with one attached hydrogen (secondary N) is 1. The van der Waals surface area contributed by atoms with Gasteiger partial charge in [0, 0.05) is 6.54 Å². The minimum absolute atomic E-state index is 0.271. The second-order valence-corrected chi connectivity index (χ2v) is 5.50. The first kappa shape index (κ1) is 13.5. The van der Waals surface area contributed by atoms with Crippen molar-refractivity contribution < 1.29 is 4.39 Å². The molecule has 0 aliphatic rings. The Bertz CT molecular complexity index is 775. The van der Waals surface area contributed by atoms with E-state index in [1.54, 1.807) is 12.1 Å². The molecular formula is C13H8Cl2FN3S. The highest BCUT2D eigenvalue weighted by Crippen LogP contribution is 2.35. The summed E-state index contributed by atoms with van der Waals surface area (Å²) in [7, 11) is 0. The standard InChI is InChI=1S/C13H8Cl2FN3S/c14-9-5-10(15)12-13(19-20-18-12)11(9)17-6-7-2-1-3-8(16)4-7/h1-5,17H,6H2. The van der Waals surface area contributed by atoms with Crippen LogP contribution in [-0.4, -0.2) is 8.75 Å². The summed E-state index contributed by atoms with van der Waals surface area (Å²) >= 11 is 13.3. The van der Waals surface area contributed by atoms with Gasteiger partial charge in [-0.2, -0.15) is 8.75 Å². The average Bonchev–Trinajstić information content (AvgIpc) is 2.88. The third kappa shape index (κ3) is 2.57. The quantitative estimate of drug-likeness (QED) is 0.754. The SMILES string of the molecule is Fc1cccc(CNc2c(Cl)cc(Cl)c3nsnc23)c1. The summed E-state index contributed by atoms with van der Waals surface area (Å²) in [6, 6.07) is 7.99. The fourth-order valence-corrected chi connectivity index (χ4v) is 3.06. The van der Waals surface area contributed by atoms with E-state index in [4.69, 9.17) is 23.2 Å². The van der Waals surface area contributed by atoms with Crippen molar-refractivity contribution in [2.45, 2.75) is 6.54 Å². The van der Waals surface area contributed by atoms with Gasteiger partial charge in [-0.05, 0) is 23.8 Å². The summed E-state index contributed by atoms with van der Waals surface area (Å²) in [5.41, 5.74) is 2.71. The second-order valence-electron chi connectivity index (χ2n) is 4.16. The number of hydrogen-bond donors (Lipinski definition) is 1. The zero-order chi connectivity index (χ0) is 14.1. The van der Waals surface area contributed by atoms with E-state index in [1.165, 1.54) is 12.1 Å². The van der Waals surface area contributed by atoms with Crippen molar-refractivity contribution in [3.63, 3.8) is 0 Å². The number of fused-ring (bicyclic) bond motifs is 1. The van der Waals surface area contributed by atoms with E-state index < -0.39 is 0 Å². The van der Waals surface area contributed by atoms with E-state index in [0.717, 1.165) is 17.3 Å². The maximum atomic E-state index is 13.1. The predicted molar refractivity (Wildman–Crippen MR) is 81.2 cm³/mol. The summed E-state index contributed by atoms with van der Waals surface area (Å²) in [4.78, 5) is 0. The van der Waals surface area contributed by atoms with Gasteiger partial charge >= 0.3 is 0 Å². The molecule has 3 rings (SSSR count). The lowest BCUT2D eigenvalue weighted by Crippen LogP contribution is -2.01. The van der Waals surface area contributed by atoms with Crippen LogP contribution in [0.5, 0.6) is 0 Å². The van der Waals surface area contributed by atoms with E-state index >= 15 is 0 Å². The molecule has 0 aliphatic carbocycles. The molecule has 7 heteroatoms. The number of aromatic nitrogens is 2. The first-order valence-corrected chi connectivity index (χ1v) is 7.22. The van der Waals surface area contributed by atoms with Crippen LogP contribution in [0.15, 0.2) is 30.3 Å². The molecule has 0 saturated heterocycles. The summed E-state index contributed by atoms with van der Waals surface area (Å²) in [5.74, 6) is -0.271. The first-order valence-electron chi connectivity index (χ1n) is 5.74. The van der Waals surface area contributed by atoms with Gasteiger partial charge in [0.25, 0.3) is 0 Å². The lowest BCUT2D eigenvalue weighted by molar-refractivity contribution is 0.626. The molecule has 2 aromatic carbocycles. The Morgan fingerprint density at radius 1 is 1.10 bits per heavy atom. The number of hydrogen-bond acceptors (Lipinski definition) is 4. The fourth-order valence-electron chi connectivity index (χ4n) is 1.88. The molecule has 1 heterocycles. The highest BCUT2D eigenvalue weighted by molar-refractivity contribution is 7.00. The van der Waals surface area contributed by atoms with Gasteiger partial charge < -0.3 is 5.32 Å². The zero-order valence-corrected chi connectivity index (χ0v) is 12.4. The Morgan fingerprint density at radius 2 is 1.90 bits per heavy atom. The van der Waals surface area contributed by atoms with Gasteiger partial charge in [-0.15, -0.1) is 0 Å².